The van der Waals surface area contributed by atoms with Gasteiger partial charge in [0.1, 0.15) is 6.04 Å². The van der Waals surface area contributed by atoms with E-state index in [1.165, 1.54) is 11.3 Å². The number of anilines is 1. The third kappa shape index (κ3) is 4.50. The van der Waals surface area contributed by atoms with Crippen LogP contribution in [0.5, 0.6) is 0 Å². The molecule has 2 N–H and O–H groups in total. The Morgan fingerprint density at radius 1 is 1.00 bits per heavy atom. The number of nitrogens with zero attached hydrogens (tertiary/aromatic N) is 1. The maximum absolute atomic E-state index is 13.1. The highest BCUT2D eigenvalue weighted by Gasteiger charge is 2.35. The lowest BCUT2D eigenvalue weighted by Crippen LogP contribution is -2.48. The Kier molecular flexibility index (Phi) is 5.94. The maximum atomic E-state index is 13.1. The molecule has 1 saturated carbocycles. The molecule has 0 spiro atoms. The summed E-state index contributed by atoms with van der Waals surface area (Å²) < 4.78 is 0. The van der Waals surface area contributed by atoms with Crippen LogP contribution in [-0.2, 0) is 4.79 Å². The molecular formula is C22H25N3O3S. The van der Waals surface area contributed by atoms with Gasteiger partial charge in [0.25, 0.3) is 11.8 Å². The molecule has 4 rings (SSSR count). The van der Waals surface area contributed by atoms with Crippen molar-refractivity contribution in [3.63, 3.8) is 0 Å². The number of likely N-dealkylation sites (tertiary alicyclic amines) is 1. The average Bonchev–Trinajstić information content (AvgIpc) is 3.49. The first kappa shape index (κ1) is 19.6. The number of amides is 3. The van der Waals surface area contributed by atoms with Crippen molar-refractivity contribution in [2.24, 2.45) is 0 Å². The summed E-state index contributed by atoms with van der Waals surface area (Å²) in [6.07, 6.45) is 5.88. The molecule has 152 valence electrons. The highest BCUT2D eigenvalue weighted by Crippen LogP contribution is 2.24. The largest absolute Gasteiger partial charge is 0.352 e. The lowest BCUT2D eigenvalue weighted by molar-refractivity contribution is -0.125. The molecule has 1 aromatic heterocycles. The summed E-state index contributed by atoms with van der Waals surface area (Å²) in [5.74, 6) is -0.406. The zero-order valence-electron chi connectivity index (χ0n) is 16.2. The summed E-state index contributed by atoms with van der Waals surface area (Å²) in [6, 6.07) is 8.51. The second-order valence-corrected chi connectivity index (χ2v) is 8.47. The molecule has 1 aliphatic heterocycles. The van der Waals surface area contributed by atoms with Gasteiger partial charge in [0.05, 0.1) is 5.56 Å². The molecule has 6 nitrogen and oxygen atoms in total. The van der Waals surface area contributed by atoms with Gasteiger partial charge in [-0.05, 0) is 55.3 Å². The summed E-state index contributed by atoms with van der Waals surface area (Å²) in [4.78, 5) is 39.8. The Labute approximate surface area is 174 Å². The smallest absolute Gasteiger partial charge is 0.256 e. The second-order valence-electron chi connectivity index (χ2n) is 7.69. The van der Waals surface area contributed by atoms with E-state index in [2.05, 4.69) is 10.6 Å². The summed E-state index contributed by atoms with van der Waals surface area (Å²) in [7, 11) is 0. The van der Waals surface area contributed by atoms with E-state index in [0.29, 0.717) is 29.8 Å². The number of carbonyl (C=O) groups excluding carboxylic acids is 3. The van der Waals surface area contributed by atoms with E-state index in [1.54, 1.807) is 40.6 Å². The van der Waals surface area contributed by atoms with Crippen molar-refractivity contribution in [1.82, 2.24) is 10.2 Å². The lowest BCUT2D eigenvalue weighted by atomic mass is 10.1. The molecular weight excluding hydrogens is 386 g/mol. The number of nitrogens with one attached hydrogen (secondary N) is 2. The van der Waals surface area contributed by atoms with Crippen LogP contribution in [0.2, 0.25) is 0 Å². The van der Waals surface area contributed by atoms with Crippen LogP contribution in [0.4, 0.5) is 5.69 Å². The molecule has 7 heteroatoms. The maximum Gasteiger partial charge on any atom is 0.256 e. The van der Waals surface area contributed by atoms with Crippen LogP contribution >= 0.6 is 11.3 Å². The quantitative estimate of drug-likeness (QED) is 0.788. The van der Waals surface area contributed by atoms with Gasteiger partial charge >= 0.3 is 0 Å². The number of thiophene rings is 1. The van der Waals surface area contributed by atoms with Gasteiger partial charge in [0, 0.05) is 29.2 Å². The molecule has 1 aliphatic carbocycles. The molecule has 2 fully saturated rings. The monoisotopic (exact) mass is 411 g/mol. The molecule has 0 radical (unpaired) electrons. The van der Waals surface area contributed by atoms with E-state index in [-0.39, 0.29) is 23.8 Å². The van der Waals surface area contributed by atoms with Crippen LogP contribution in [0.25, 0.3) is 0 Å². The SMILES string of the molecule is O=C(Nc1cccc(C(=O)N2CCC[C@H]2C(=O)NC2CCCC2)c1)c1ccsc1. The van der Waals surface area contributed by atoms with Crippen molar-refractivity contribution < 1.29 is 14.4 Å². The lowest BCUT2D eigenvalue weighted by Gasteiger charge is -2.25. The van der Waals surface area contributed by atoms with E-state index in [4.69, 9.17) is 0 Å². The molecule has 0 unspecified atom stereocenters. The van der Waals surface area contributed by atoms with E-state index in [1.807, 2.05) is 5.38 Å². The number of rotatable bonds is 5. The van der Waals surface area contributed by atoms with Crippen LogP contribution in [0.1, 0.15) is 59.2 Å². The summed E-state index contributed by atoms with van der Waals surface area (Å²) in [5, 5.41) is 9.58. The average molecular weight is 412 g/mol. The molecule has 2 aromatic rings. The van der Waals surface area contributed by atoms with Crippen LogP contribution in [0.15, 0.2) is 41.1 Å². The Bertz CT molecular complexity index is 890. The van der Waals surface area contributed by atoms with Gasteiger partial charge in [0.2, 0.25) is 5.91 Å². The first-order valence-electron chi connectivity index (χ1n) is 10.2. The zero-order chi connectivity index (χ0) is 20.2. The fourth-order valence-electron chi connectivity index (χ4n) is 4.14. The predicted octanol–water partition coefficient (Wildman–Crippen LogP) is 3.66. The highest BCUT2D eigenvalue weighted by molar-refractivity contribution is 7.08. The first-order valence-corrected chi connectivity index (χ1v) is 11.1. The van der Waals surface area contributed by atoms with Gasteiger partial charge in [-0.1, -0.05) is 18.9 Å². The van der Waals surface area contributed by atoms with Crippen LogP contribution < -0.4 is 10.6 Å². The number of hydrogen-bond acceptors (Lipinski definition) is 4. The van der Waals surface area contributed by atoms with Crippen molar-refractivity contribution in [3.8, 4) is 0 Å². The summed E-state index contributed by atoms with van der Waals surface area (Å²) >= 11 is 1.46. The fraction of sp³-hybridized carbons (Fsp3) is 0.409. The normalized spacial score (nSPS) is 19.3. The van der Waals surface area contributed by atoms with Gasteiger partial charge in [-0.2, -0.15) is 11.3 Å². The first-order chi connectivity index (χ1) is 14.1. The van der Waals surface area contributed by atoms with Gasteiger partial charge in [-0.25, -0.2) is 0 Å². The van der Waals surface area contributed by atoms with Gasteiger partial charge in [-0.15, -0.1) is 0 Å². The minimum absolute atomic E-state index is 0.0373. The van der Waals surface area contributed by atoms with Crippen molar-refractivity contribution in [2.75, 3.05) is 11.9 Å². The molecule has 3 amide bonds. The van der Waals surface area contributed by atoms with Crippen LogP contribution in [-0.4, -0.2) is 41.2 Å². The number of carbonyl (C=O) groups is 3. The van der Waals surface area contributed by atoms with Gasteiger partial charge < -0.3 is 15.5 Å². The molecule has 29 heavy (non-hydrogen) atoms. The molecule has 1 atom stereocenters. The Morgan fingerprint density at radius 2 is 1.83 bits per heavy atom. The minimum atomic E-state index is -0.410. The topological polar surface area (TPSA) is 78.5 Å². The van der Waals surface area contributed by atoms with E-state index in [9.17, 15) is 14.4 Å². The standard InChI is InChI=1S/C22H25N3O3S/c26-20(16-10-12-29-14-16)24-18-8-3-5-15(13-18)22(28)25-11-4-9-19(25)21(27)23-17-6-1-2-7-17/h3,5,8,10,12-14,17,19H,1-2,4,6-7,9,11H2,(H,23,27)(H,24,26)/t19-/m0/s1. The van der Waals surface area contributed by atoms with Crippen LogP contribution in [0, 0.1) is 0 Å². The predicted molar refractivity (Wildman–Crippen MR) is 113 cm³/mol. The minimum Gasteiger partial charge on any atom is -0.352 e. The van der Waals surface area contributed by atoms with E-state index in [0.717, 1.165) is 32.1 Å². The van der Waals surface area contributed by atoms with Crippen LogP contribution in [0.3, 0.4) is 0 Å². The third-order valence-corrected chi connectivity index (χ3v) is 6.35. The van der Waals surface area contributed by atoms with Gasteiger partial charge in [-0.3, -0.25) is 14.4 Å². The Balaban J connectivity index is 1.44. The molecule has 2 aliphatic rings. The van der Waals surface area contributed by atoms with E-state index >= 15 is 0 Å². The third-order valence-electron chi connectivity index (χ3n) is 5.67. The summed E-state index contributed by atoms with van der Waals surface area (Å²) in [6.45, 7) is 0.576. The highest BCUT2D eigenvalue weighted by atomic mass is 32.1. The fourth-order valence-corrected chi connectivity index (χ4v) is 4.78. The van der Waals surface area contributed by atoms with Crippen molar-refractivity contribution in [3.05, 3.63) is 52.2 Å². The molecule has 1 saturated heterocycles. The Hall–Kier alpha value is -2.67. The summed E-state index contributed by atoms with van der Waals surface area (Å²) in [5.41, 5.74) is 1.64. The zero-order valence-corrected chi connectivity index (χ0v) is 17.0. The van der Waals surface area contributed by atoms with Gasteiger partial charge in [0.15, 0.2) is 0 Å². The number of hydrogen-bond donors (Lipinski definition) is 2. The van der Waals surface area contributed by atoms with Crippen molar-refractivity contribution in [2.45, 2.75) is 50.6 Å². The molecule has 0 bridgehead atoms. The molecule has 2 heterocycles. The molecule has 1 aromatic carbocycles. The number of benzene rings is 1. The van der Waals surface area contributed by atoms with Crippen molar-refractivity contribution >= 4 is 34.7 Å². The van der Waals surface area contributed by atoms with E-state index < -0.39 is 6.04 Å². The second kappa shape index (κ2) is 8.78. The Morgan fingerprint density at radius 3 is 2.59 bits per heavy atom. The van der Waals surface area contributed by atoms with Crippen molar-refractivity contribution in [1.29, 1.82) is 0 Å².